The Morgan fingerprint density at radius 3 is 2.42 bits per heavy atom. The number of hydrogen-bond acceptors (Lipinski definition) is 5. The molecule has 0 saturated heterocycles. The molecule has 108 valence electrons. The third kappa shape index (κ3) is 8.22. The van der Waals surface area contributed by atoms with Crippen molar-refractivity contribution in [2.24, 2.45) is 5.73 Å². The van der Waals surface area contributed by atoms with Gasteiger partial charge in [-0.2, -0.15) is 11.8 Å². The molecule has 19 heavy (non-hydrogen) atoms. The second-order valence-corrected chi connectivity index (χ2v) is 4.84. The molecule has 0 aromatic carbocycles. The van der Waals surface area contributed by atoms with Crippen LogP contribution in [0.5, 0.6) is 0 Å². The van der Waals surface area contributed by atoms with Gasteiger partial charge in [-0.25, -0.2) is 4.79 Å². The number of rotatable bonds is 10. The topological polar surface area (TPSA) is 130 Å². The summed E-state index contributed by atoms with van der Waals surface area (Å²) in [4.78, 5) is 32.8. The lowest BCUT2D eigenvalue weighted by molar-refractivity contribution is -0.141. The molecular weight excluding hydrogens is 272 g/mol. The smallest absolute Gasteiger partial charge is 0.327 e. The van der Waals surface area contributed by atoms with E-state index in [1.165, 1.54) is 11.8 Å². The Hall–Kier alpha value is -1.54. The van der Waals surface area contributed by atoms with Crippen molar-refractivity contribution in [2.75, 3.05) is 11.5 Å². The molecule has 0 rings (SSSR count). The fourth-order valence-electron chi connectivity index (χ4n) is 1.12. The number of carboxylic acids is 2. The van der Waals surface area contributed by atoms with Crippen LogP contribution in [0.3, 0.4) is 0 Å². The van der Waals surface area contributed by atoms with Crippen LogP contribution in [0.1, 0.15) is 12.8 Å². The van der Waals surface area contributed by atoms with Crippen LogP contribution in [0.15, 0.2) is 12.7 Å². The average molecular weight is 290 g/mol. The summed E-state index contributed by atoms with van der Waals surface area (Å²) >= 11 is 1.33. The molecule has 0 radical (unpaired) electrons. The number of amides is 1. The highest BCUT2D eigenvalue weighted by molar-refractivity contribution is 7.99. The Bertz CT molecular complexity index is 348. The molecule has 0 aliphatic rings. The van der Waals surface area contributed by atoms with E-state index in [1.807, 2.05) is 0 Å². The quantitative estimate of drug-likeness (QED) is 0.320. The number of carboxylic acid groups (broad SMARTS) is 2. The van der Waals surface area contributed by atoms with Crippen molar-refractivity contribution in [3.8, 4) is 0 Å². The third-order valence-corrected chi connectivity index (χ3v) is 3.19. The Balaban J connectivity index is 4.13. The minimum atomic E-state index is -1.19. The molecule has 0 spiro atoms. The molecule has 5 N–H and O–H groups in total. The predicted molar refractivity (Wildman–Crippen MR) is 71.9 cm³/mol. The molecule has 0 fully saturated rings. The van der Waals surface area contributed by atoms with Crippen LogP contribution in [-0.4, -0.2) is 51.6 Å². The lowest BCUT2D eigenvalue weighted by atomic mass is 10.1. The molecule has 0 bridgehead atoms. The van der Waals surface area contributed by atoms with Crippen molar-refractivity contribution >= 4 is 29.6 Å². The summed E-state index contributed by atoms with van der Waals surface area (Å²) in [7, 11) is 0. The van der Waals surface area contributed by atoms with E-state index in [4.69, 9.17) is 15.9 Å². The molecule has 0 aromatic rings. The largest absolute Gasteiger partial charge is 0.480 e. The maximum atomic E-state index is 11.5. The van der Waals surface area contributed by atoms with Crippen LogP contribution in [0.25, 0.3) is 0 Å². The van der Waals surface area contributed by atoms with Crippen molar-refractivity contribution in [1.82, 2.24) is 5.32 Å². The minimum absolute atomic E-state index is 0.0344. The first-order valence-electron chi connectivity index (χ1n) is 5.57. The number of hydrogen-bond donors (Lipinski definition) is 4. The maximum absolute atomic E-state index is 11.5. The maximum Gasteiger partial charge on any atom is 0.327 e. The van der Waals surface area contributed by atoms with E-state index < -0.39 is 29.9 Å². The molecule has 0 aromatic heterocycles. The monoisotopic (exact) mass is 290 g/mol. The minimum Gasteiger partial charge on any atom is -0.480 e. The number of nitrogens with one attached hydrogen (secondary N) is 1. The van der Waals surface area contributed by atoms with E-state index in [1.54, 1.807) is 6.08 Å². The molecule has 0 aliphatic heterocycles. The van der Waals surface area contributed by atoms with Gasteiger partial charge >= 0.3 is 11.9 Å². The molecule has 0 heterocycles. The summed E-state index contributed by atoms with van der Waals surface area (Å²) in [5.41, 5.74) is 5.24. The Labute approximate surface area is 115 Å². The van der Waals surface area contributed by atoms with E-state index in [0.29, 0.717) is 5.75 Å². The van der Waals surface area contributed by atoms with Gasteiger partial charge in [0.2, 0.25) is 5.91 Å². The van der Waals surface area contributed by atoms with Crippen molar-refractivity contribution in [3.63, 3.8) is 0 Å². The molecule has 1 amide bonds. The molecule has 0 unspecified atom stereocenters. The van der Waals surface area contributed by atoms with Gasteiger partial charge in [0.05, 0.1) is 0 Å². The lowest BCUT2D eigenvalue weighted by Crippen LogP contribution is -2.43. The zero-order chi connectivity index (χ0) is 14.8. The van der Waals surface area contributed by atoms with Gasteiger partial charge in [0, 0.05) is 17.9 Å². The van der Waals surface area contributed by atoms with Gasteiger partial charge in [0.1, 0.15) is 12.1 Å². The first kappa shape index (κ1) is 17.5. The van der Waals surface area contributed by atoms with Gasteiger partial charge in [0.15, 0.2) is 0 Å². The molecule has 7 nitrogen and oxygen atoms in total. The molecule has 0 aliphatic carbocycles. The fraction of sp³-hybridized carbons (Fsp3) is 0.545. The molecular formula is C11H18N2O5S. The van der Waals surface area contributed by atoms with Crippen LogP contribution in [0, 0.1) is 0 Å². The van der Waals surface area contributed by atoms with Gasteiger partial charge in [-0.15, -0.1) is 6.58 Å². The van der Waals surface area contributed by atoms with Crippen molar-refractivity contribution in [3.05, 3.63) is 12.7 Å². The first-order valence-corrected chi connectivity index (χ1v) is 6.73. The Kier molecular flexibility index (Phi) is 8.64. The van der Waals surface area contributed by atoms with Crippen LogP contribution >= 0.6 is 11.8 Å². The van der Waals surface area contributed by atoms with Crippen molar-refractivity contribution in [2.45, 2.75) is 24.9 Å². The summed E-state index contributed by atoms with van der Waals surface area (Å²) in [5, 5.41) is 19.8. The predicted octanol–water partition coefficient (Wildman–Crippen LogP) is -0.333. The molecule has 8 heteroatoms. The lowest BCUT2D eigenvalue weighted by Gasteiger charge is -2.14. The first-order chi connectivity index (χ1) is 8.88. The van der Waals surface area contributed by atoms with E-state index in [9.17, 15) is 14.4 Å². The molecule has 2 atom stereocenters. The second kappa shape index (κ2) is 9.40. The summed E-state index contributed by atoms with van der Waals surface area (Å²) < 4.78 is 0. The summed E-state index contributed by atoms with van der Waals surface area (Å²) in [6.45, 7) is 3.50. The average Bonchev–Trinajstić information content (AvgIpc) is 2.34. The van der Waals surface area contributed by atoms with Crippen LogP contribution in [0.2, 0.25) is 0 Å². The Morgan fingerprint density at radius 2 is 1.95 bits per heavy atom. The van der Waals surface area contributed by atoms with Crippen molar-refractivity contribution < 1.29 is 24.6 Å². The fourth-order valence-corrected chi connectivity index (χ4v) is 1.88. The molecule has 0 saturated carbocycles. The number of carbonyl (C=O) groups is 3. The SMILES string of the molecule is C=CCSC[C@@H](NC(=O)CC[C@H](N)C(=O)O)C(=O)O. The summed E-state index contributed by atoms with van der Waals surface area (Å²) in [6, 6.07) is -2.12. The van der Waals surface area contributed by atoms with Gasteiger partial charge in [-0.05, 0) is 6.42 Å². The Morgan fingerprint density at radius 1 is 1.32 bits per heavy atom. The number of aliphatic carboxylic acids is 2. The zero-order valence-electron chi connectivity index (χ0n) is 10.4. The third-order valence-electron chi connectivity index (χ3n) is 2.15. The second-order valence-electron chi connectivity index (χ2n) is 3.77. The highest BCUT2D eigenvalue weighted by Gasteiger charge is 2.20. The number of thioether (sulfide) groups is 1. The van der Waals surface area contributed by atoms with Crippen LogP contribution in [-0.2, 0) is 14.4 Å². The number of nitrogens with two attached hydrogens (primary N) is 1. The van der Waals surface area contributed by atoms with Gasteiger partial charge < -0.3 is 21.3 Å². The van der Waals surface area contributed by atoms with Gasteiger partial charge in [-0.3, -0.25) is 9.59 Å². The standard InChI is InChI=1S/C11H18N2O5S/c1-2-5-19-6-8(11(17)18)13-9(14)4-3-7(12)10(15)16/h2,7-8H,1,3-6,12H2,(H,13,14)(H,15,16)(H,17,18)/t7-,8+/m0/s1. The van der Waals surface area contributed by atoms with Crippen LogP contribution < -0.4 is 11.1 Å². The zero-order valence-corrected chi connectivity index (χ0v) is 11.2. The summed E-state index contributed by atoms with van der Waals surface area (Å²) in [5.74, 6) is -2.04. The normalized spacial score (nSPS) is 13.3. The van der Waals surface area contributed by atoms with Crippen molar-refractivity contribution in [1.29, 1.82) is 0 Å². The van der Waals surface area contributed by atoms with E-state index >= 15 is 0 Å². The van der Waals surface area contributed by atoms with Gasteiger partial charge in [-0.1, -0.05) is 6.08 Å². The summed E-state index contributed by atoms with van der Waals surface area (Å²) in [6.07, 6.45) is 1.48. The number of carbonyl (C=O) groups excluding carboxylic acids is 1. The van der Waals surface area contributed by atoms with E-state index in [0.717, 1.165) is 0 Å². The van der Waals surface area contributed by atoms with E-state index in [-0.39, 0.29) is 18.6 Å². The van der Waals surface area contributed by atoms with Gasteiger partial charge in [0.25, 0.3) is 0 Å². The van der Waals surface area contributed by atoms with Crippen LogP contribution in [0.4, 0.5) is 0 Å². The highest BCUT2D eigenvalue weighted by Crippen LogP contribution is 2.04. The van der Waals surface area contributed by atoms with E-state index in [2.05, 4.69) is 11.9 Å². The highest BCUT2D eigenvalue weighted by atomic mass is 32.2.